The lowest BCUT2D eigenvalue weighted by molar-refractivity contribution is 1.18. The van der Waals surface area contributed by atoms with Crippen molar-refractivity contribution in [3.63, 3.8) is 0 Å². The SMILES string of the molecule is c1ccc(-c2cccc(N(c3ccc(-c4cc5ccccc5c5ccccc45)cc3)c3cccc(-c4c5ccccc5cc5c4c4ccccc4n5-c4ccccc4)c3)c2)cc1. The Labute approximate surface area is 360 Å². The van der Waals surface area contributed by atoms with Crippen LogP contribution in [0.4, 0.5) is 17.1 Å². The Morgan fingerprint density at radius 3 is 1.58 bits per heavy atom. The Balaban J connectivity index is 1.07. The normalized spacial score (nSPS) is 11.5. The Morgan fingerprint density at radius 1 is 0.290 bits per heavy atom. The minimum atomic E-state index is 1.09. The number of anilines is 3. The monoisotopic (exact) mass is 788 g/mol. The molecule has 0 bridgehead atoms. The van der Waals surface area contributed by atoms with E-state index in [9.17, 15) is 0 Å². The van der Waals surface area contributed by atoms with Crippen molar-refractivity contribution in [2.45, 2.75) is 0 Å². The molecule has 0 saturated heterocycles. The van der Waals surface area contributed by atoms with Gasteiger partial charge in [-0.1, -0.05) is 176 Å². The summed E-state index contributed by atoms with van der Waals surface area (Å²) in [5, 5.41) is 10.00. The minimum Gasteiger partial charge on any atom is -0.310 e. The van der Waals surface area contributed by atoms with Gasteiger partial charge in [0.2, 0.25) is 0 Å². The average molecular weight is 789 g/mol. The van der Waals surface area contributed by atoms with Crippen molar-refractivity contribution in [2.75, 3.05) is 4.90 Å². The third-order valence-electron chi connectivity index (χ3n) is 12.5. The van der Waals surface area contributed by atoms with Crippen molar-refractivity contribution in [1.82, 2.24) is 4.57 Å². The predicted molar refractivity (Wildman–Crippen MR) is 264 cm³/mol. The van der Waals surface area contributed by atoms with Crippen LogP contribution >= 0.6 is 0 Å². The number of hydrogen-bond donors (Lipinski definition) is 0. The van der Waals surface area contributed by atoms with Gasteiger partial charge < -0.3 is 9.47 Å². The van der Waals surface area contributed by atoms with Gasteiger partial charge in [-0.05, 0) is 132 Å². The molecule has 12 rings (SSSR count). The molecular formula is C60H40N2. The summed E-state index contributed by atoms with van der Waals surface area (Å²) in [4.78, 5) is 2.41. The number of nitrogens with zero attached hydrogens (tertiary/aromatic N) is 2. The Morgan fingerprint density at radius 2 is 0.839 bits per heavy atom. The number of fused-ring (bicyclic) bond motifs is 7. The lowest BCUT2D eigenvalue weighted by Gasteiger charge is -2.27. The maximum Gasteiger partial charge on any atom is 0.0553 e. The van der Waals surface area contributed by atoms with Gasteiger partial charge in [-0.25, -0.2) is 0 Å². The molecule has 0 N–H and O–H groups in total. The third kappa shape index (κ3) is 5.96. The first-order valence-electron chi connectivity index (χ1n) is 21.3. The summed E-state index contributed by atoms with van der Waals surface area (Å²) in [5.74, 6) is 0. The summed E-state index contributed by atoms with van der Waals surface area (Å²) in [5.41, 5.74) is 14.0. The van der Waals surface area contributed by atoms with Crippen molar-refractivity contribution < 1.29 is 0 Å². The summed E-state index contributed by atoms with van der Waals surface area (Å²) >= 11 is 0. The summed E-state index contributed by atoms with van der Waals surface area (Å²) in [6.07, 6.45) is 0. The highest BCUT2D eigenvalue weighted by atomic mass is 15.1. The molecule has 12 aromatic rings. The smallest absolute Gasteiger partial charge is 0.0553 e. The summed E-state index contributed by atoms with van der Waals surface area (Å²) < 4.78 is 2.42. The van der Waals surface area contributed by atoms with E-state index in [0.29, 0.717) is 0 Å². The molecule has 0 atom stereocenters. The highest BCUT2D eigenvalue weighted by Crippen LogP contribution is 2.46. The molecule has 0 aliphatic rings. The van der Waals surface area contributed by atoms with Crippen LogP contribution in [0.15, 0.2) is 243 Å². The van der Waals surface area contributed by atoms with E-state index in [1.807, 2.05) is 0 Å². The molecule has 0 radical (unpaired) electrons. The van der Waals surface area contributed by atoms with E-state index in [-0.39, 0.29) is 0 Å². The predicted octanol–water partition coefficient (Wildman–Crippen LogP) is 16.7. The minimum absolute atomic E-state index is 1.09. The van der Waals surface area contributed by atoms with Gasteiger partial charge in [0.15, 0.2) is 0 Å². The van der Waals surface area contributed by atoms with Crippen molar-refractivity contribution >= 4 is 71.2 Å². The Bertz CT molecular complexity index is 3620. The Hall–Kier alpha value is -8.20. The summed E-state index contributed by atoms with van der Waals surface area (Å²) in [6, 6.07) is 88.5. The fourth-order valence-corrected chi connectivity index (χ4v) is 9.73. The van der Waals surface area contributed by atoms with Gasteiger partial charge in [-0.3, -0.25) is 0 Å². The van der Waals surface area contributed by atoms with Crippen LogP contribution in [-0.4, -0.2) is 4.57 Å². The molecule has 2 heteroatoms. The molecule has 0 amide bonds. The van der Waals surface area contributed by atoms with Gasteiger partial charge in [-0.15, -0.1) is 0 Å². The largest absolute Gasteiger partial charge is 0.310 e. The molecule has 2 nitrogen and oxygen atoms in total. The van der Waals surface area contributed by atoms with E-state index in [4.69, 9.17) is 0 Å². The van der Waals surface area contributed by atoms with E-state index < -0.39 is 0 Å². The van der Waals surface area contributed by atoms with Crippen LogP contribution in [0.5, 0.6) is 0 Å². The van der Waals surface area contributed by atoms with Crippen LogP contribution in [0.1, 0.15) is 0 Å². The van der Waals surface area contributed by atoms with E-state index in [2.05, 4.69) is 252 Å². The molecule has 0 aliphatic heterocycles. The van der Waals surface area contributed by atoms with Crippen LogP contribution in [0.3, 0.4) is 0 Å². The molecular weight excluding hydrogens is 749 g/mol. The van der Waals surface area contributed by atoms with Gasteiger partial charge in [0, 0.05) is 33.5 Å². The molecule has 0 fully saturated rings. The number of benzene rings is 11. The first kappa shape index (κ1) is 35.7. The van der Waals surface area contributed by atoms with Crippen LogP contribution < -0.4 is 4.90 Å². The topological polar surface area (TPSA) is 8.17 Å². The maximum absolute atomic E-state index is 2.42. The fraction of sp³-hybridized carbons (Fsp3) is 0. The van der Waals surface area contributed by atoms with Gasteiger partial charge >= 0.3 is 0 Å². The number of para-hydroxylation sites is 2. The second-order valence-electron chi connectivity index (χ2n) is 16.1. The van der Waals surface area contributed by atoms with E-state index in [0.717, 1.165) is 22.7 Å². The maximum atomic E-state index is 2.42. The Kier molecular flexibility index (Phi) is 8.53. The zero-order chi connectivity index (χ0) is 41.0. The van der Waals surface area contributed by atoms with E-state index >= 15 is 0 Å². The average Bonchev–Trinajstić information content (AvgIpc) is 3.67. The van der Waals surface area contributed by atoms with E-state index in [1.54, 1.807) is 0 Å². The van der Waals surface area contributed by atoms with Crippen molar-refractivity contribution in [1.29, 1.82) is 0 Å². The van der Waals surface area contributed by atoms with Crippen molar-refractivity contribution in [3.8, 4) is 39.1 Å². The lowest BCUT2D eigenvalue weighted by Crippen LogP contribution is -2.10. The standard InChI is InChI=1S/C60H40N2/c1-3-17-41(18-4-1)43-21-15-25-49(37-43)61(48-35-33-42(34-36-48)56-39-44-19-7-9-27-51(44)53-29-11-12-30-54(53)56)50-26-16-22-46(38-50)59-52-28-10-8-20-45(52)40-58-60(59)55-31-13-14-32-57(55)62(58)47-23-5-2-6-24-47/h1-40H. The van der Waals surface area contributed by atoms with Crippen LogP contribution in [0.25, 0.3) is 93.2 Å². The second-order valence-corrected chi connectivity index (χ2v) is 16.1. The molecule has 11 aromatic carbocycles. The molecule has 290 valence electrons. The molecule has 0 saturated carbocycles. The molecule has 1 aromatic heterocycles. The first-order valence-corrected chi connectivity index (χ1v) is 21.3. The van der Waals surface area contributed by atoms with Gasteiger partial charge in [0.05, 0.1) is 11.0 Å². The molecule has 62 heavy (non-hydrogen) atoms. The van der Waals surface area contributed by atoms with Gasteiger partial charge in [-0.2, -0.15) is 0 Å². The zero-order valence-corrected chi connectivity index (χ0v) is 34.0. The number of hydrogen-bond acceptors (Lipinski definition) is 1. The van der Waals surface area contributed by atoms with Crippen LogP contribution in [-0.2, 0) is 0 Å². The molecule has 1 heterocycles. The highest BCUT2D eigenvalue weighted by Gasteiger charge is 2.21. The van der Waals surface area contributed by atoms with Gasteiger partial charge in [0.1, 0.15) is 0 Å². The summed E-state index contributed by atoms with van der Waals surface area (Å²) in [7, 11) is 0. The van der Waals surface area contributed by atoms with E-state index in [1.165, 1.54) is 87.5 Å². The summed E-state index contributed by atoms with van der Waals surface area (Å²) in [6.45, 7) is 0. The molecule has 0 aliphatic carbocycles. The lowest BCUT2D eigenvalue weighted by atomic mass is 9.92. The van der Waals surface area contributed by atoms with Crippen molar-refractivity contribution in [2.24, 2.45) is 0 Å². The zero-order valence-electron chi connectivity index (χ0n) is 34.0. The number of rotatable bonds is 7. The molecule has 0 spiro atoms. The fourth-order valence-electron chi connectivity index (χ4n) is 9.73. The third-order valence-corrected chi connectivity index (χ3v) is 12.5. The van der Waals surface area contributed by atoms with Crippen LogP contribution in [0, 0.1) is 0 Å². The van der Waals surface area contributed by atoms with Gasteiger partial charge in [0.25, 0.3) is 0 Å². The second kappa shape index (κ2) is 14.8. The quantitative estimate of drug-likeness (QED) is 0.146. The van der Waals surface area contributed by atoms with Crippen molar-refractivity contribution in [3.05, 3.63) is 243 Å². The molecule has 0 unspecified atom stereocenters. The van der Waals surface area contributed by atoms with Crippen LogP contribution in [0.2, 0.25) is 0 Å². The number of aromatic nitrogens is 1. The highest BCUT2D eigenvalue weighted by molar-refractivity contribution is 6.23. The first-order chi connectivity index (χ1) is 30.8.